The van der Waals surface area contributed by atoms with Gasteiger partial charge in [0.25, 0.3) is 5.91 Å². The molecule has 2 aromatic rings. The number of benzene rings is 2. The molecule has 4 nitrogen and oxygen atoms in total. The van der Waals surface area contributed by atoms with Crippen LogP contribution in [0.4, 0.5) is 0 Å². The van der Waals surface area contributed by atoms with Gasteiger partial charge in [0.2, 0.25) is 0 Å². The Morgan fingerprint density at radius 2 is 1.85 bits per heavy atom. The van der Waals surface area contributed by atoms with E-state index in [1.165, 1.54) is 0 Å². The van der Waals surface area contributed by atoms with Crippen molar-refractivity contribution < 1.29 is 9.90 Å². The molecular weight excluding hydrogens is 367 g/mol. The number of carbonyl (C=O) groups excluding carboxylic acids is 1. The molecule has 2 N–H and O–H groups in total. The Morgan fingerprint density at radius 3 is 2.50 bits per heavy atom. The third kappa shape index (κ3) is 3.80. The summed E-state index contributed by atoms with van der Waals surface area (Å²) in [5.74, 6) is -0.0499. The highest BCUT2D eigenvalue weighted by Crippen LogP contribution is 2.10. The molecule has 0 heterocycles. The molecule has 102 valence electrons. The number of rotatable bonds is 3. The van der Waals surface area contributed by atoms with Crippen molar-refractivity contribution in [2.45, 2.75) is 6.92 Å². The average Bonchev–Trinajstić information content (AvgIpc) is 2.45. The molecule has 1 amide bonds. The first-order valence-corrected chi connectivity index (χ1v) is 7.04. The van der Waals surface area contributed by atoms with Crippen LogP contribution < -0.4 is 5.43 Å². The molecule has 0 aliphatic carbocycles. The third-order valence-electron chi connectivity index (χ3n) is 2.70. The van der Waals surface area contributed by atoms with Gasteiger partial charge in [-0.3, -0.25) is 4.79 Å². The van der Waals surface area contributed by atoms with E-state index in [-0.39, 0.29) is 11.7 Å². The minimum absolute atomic E-state index is 0.199. The monoisotopic (exact) mass is 380 g/mol. The van der Waals surface area contributed by atoms with Gasteiger partial charge in [-0.1, -0.05) is 6.07 Å². The van der Waals surface area contributed by atoms with Gasteiger partial charge in [0.05, 0.1) is 5.71 Å². The Balaban J connectivity index is 2.08. The number of amides is 1. The first-order chi connectivity index (χ1) is 9.56. The normalized spacial score (nSPS) is 11.2. The van der Waals surface area contributed by atoms with Crippen LogP contribution in [-0.4, -0.2) is 16.7 Å². The van der Waals surface area contributed by atoms with Crippen molar-refractivity contribution in [1.29, 1.82) is 0 Å². The van der Waals surface area contributed by atoms with Crippen molar-refractivity contribution in [3.8, 4) is 5.75 Å². The van der Waals surface area contributed by atoms with Crippen molar-refractivity contribution in [2.75, 3.05) is 0 Å². The topological polar surface area (TPSA) is 61.7 Å². The minimum atomic E-state index is -0.248. The van der Waals surface area contributed by atoms with Gasteiger partial charge in [-0.05, 0) is 77.5 Å². The Hall–Kier alpha value is -1.89. The van der Waals surface area contributed by atoms with Crippen molar-refractivity contribution in [3.05, 3.63) is 63.2 Å². The van der Waals surface area contributed by atoms with E-state index in [2.05, 4.69) is 33.1 Å². The van der Waals surface area contributed by atoms with Gasteiger partial charge in [-0.2, -0.15) is 5.10 Å². The fraction of sp³-hybridized carbons (Fsp3) is 0.0667. The molecule has 0 saturated heterocycles. The lowest BCUT2D eigenvalue weighted by Gasteiger charge is -2.03. The number of carbonyl (C=O) groups is 1. The van der Waals surface area contributed by atoms with Gasteiger partial charge in [0, 0.05) is 9.13 Å². The van der Waals surface area contributed by atoms with Crippen LogP contribution in [0.25, 0.3) is 0 Å². The lowest BCUT2D eigenvalue weighted by Crippen LogP contribution is -2.19. The van der Waals surface area contributed by atoms with Crippen LogP contribution in [0.15, 0.2) is 53.6 Å². The molecule has 0 radical (unpaired) electrons. The maximum Gasteiger partial charge on any atom is 0.271 e. The summed E-state index contributed by atoms with van der Waals surface area (Å²) in [6.45, 7) is 1.79. The molecule has 5 heteroatoms. The van der Waals surface area contributed by atoms with Crippen molar-refractivity contribution in [2.24, 2.45) is 5.10 Å². The summed E-state index contributed by atoms with van der Waals surface area (Å²) >= 11 is 2.15. The SMILES string of the molecule is C/C(=N/NC(=O)c1cccc(I)c1)c1ccc(O)cc1. The van der Waals surface area contributed by atoms with E-state index in [1.54, 1.807) is 43.3 Å². The molecule has 2 rings (SSSR count). The number of nitrogens with zero attached hydrogens (tertiary/aromatic N) is 1. The highest BCUT2D eigenvalue weighted by atomic mass is 127. The smallest absolute Gasteiger partial charge is 0.271 e. The maximum atomic E-state index is 11.9. The third-order valence-corrected chi connectivity index (χ3v) is 3.37. The fourth-order valence-electron chi connectivity index (χ4n) is 1.60. The second-order valence-corrected chi connectivity index (χ2v) is 5.44. The van der Waals surface area contributed by atoms with Crippen LogP contribution in [0.5, 0.6) is 5.75 Å². The van der Waals surface area contributed by atoms with E-state index in [0.717, 1.165) is 9.13 Å². The number of hydrogen-bond donors (Lipinski definition) is 2. The lowest BCUT2D eigenvalue weighted by molar-refractivity contribution is 0.0955. The molecule has 0 aromatic heterocycles. The van der Waals surface area contributed by atoms with Crippen LogP contribution in [0.3, 0.4) is 0 Å². The van der Waals surface area contributed by atoms with Gasteiger partial charge in [0.15, 0.2) is 0 Å². The van der Waals surface area contributed by atoms with E-state index in [1.807, 2.05) is 12.1 Å². The van der Waals surface area contributed by atoms with Gasteiger partial charge >= 0.3 is 0 Å². The van der Waals surface area contributed by atoms with E-state index < -0.39 is 0 Å². The van der Waals surface area contributed by atoms with Crippen LogP contribution in [0.2, 0.25) is 0 Å². The van der Waals surface area contributed by atoms with Crippen LogP contribution in [-0.2, 0) is 0 Å². The first kappa shape index (κ1) is 14.5. The number of nitrogens with one attached hydrogen (secondary N) is 1. The zero-order chi connectivity index (χ0) is 14.5. The van der Waals surface area contributed by atoms with Gasteiger partial charge in [-0.15, -0.1) is 0 Å². The van der Waals surface area contributed by atoms with Gasteiger partial charge in [-0.25, -0.2) is 5.43 Å². The molecule has 20 heavy (non-hydrogen) atoms. The average molecular weight is 380 g/mol. The Bertz CT molecular complexity index is 651. The summed E-state index contributed by atoms with van der Waals surface area (Å²) in [6, 6.07) is 13.9. The van der Waals surface area contributed by atoms with Gasteiger partial charge in [0.1, 0.15) is 5.75 Å². The molecular formula is C15H13IN2O2. The fourth-order valence-corrected chi connectivity index (χ4v) is 2.14. The van der Waals surface area contributed by atoms with E-state index >= 15 is 0 Å². The predicted molar refractivity (Wildman–Crippen MR) is 86.9 cm³/mol. The van der Waals surface area contributed by atoms with E-state index in [0.29, 0.717) is 11.3 Å². The first-order valence-electron chi connectivity index (χ1n) is 5.96. The molecule has 0 unspecified atom stereocenters. The molecule has 0 fully saturated rings. The number of aromatic hydroxyl groups is 1. The standard InChI is InChI=1S/C15H13IN2O2/c1-10(11-5-7-14(19)8-6-11)17-18-15(20)12-3-2-4-13(16)9-12/h2-9,19H,1H3,(H,18,20)/b17-10-. The molecule has 0 atom stereocenters. The predicted octanol–water partition coefficient (Wildman–Crippen LogP) is 3.15. The van der Waals surface area contributed by atoms with Crippen molar-refractivity contribution in [3.63, 3.8) is 0 Å². The van der Waals surface area contributed by atoms with Crippen LogP contribution in [0.1, 0.15) is 22.8 Å². The molecule has 0 bridgehead atoms. The lowest BCUT2D eigenvalue weighted by atomic mass is 10.1. The zero-order valence-electron chi connectivity index (χ0n) is 10.8. The summed E-state index contributed by atoms with van der Waals surface area (Å²) < 4.78 is 0.995. The number of phenolic OH excluding ortho intramolecular Hbond substituents is 1. The van der Waals surface area contributed by atoms with Crippen molar-refractivity contribution >= 4 is 34.2 Å². The van der Waals surface area contributed by atoms with Crippen LogP contribution in [0, 0.1) is 3.57 Å². The highest BCUT2D eigenvalue weighted by Gasteiger charge is 2.05. The quantitative estimate of drug-likeness (QED) is 0.488. The number of hydrogen-bond acceptors (Lipinski definition) is 3. The summed E-state index contributed by atoms with van der Waals surface area (Å²) in [6.07, 6.45) is 0. The van der Waals surface area contributed by atoms with E-state index in [4.69, 9.17) is 0 Å². The van der Waals surface area contributed by atoms with Gasteiger partial charge < -0.3 is 5.11 Å². The number of hydrazone groups is 1. The summed E-state index contributed by atoms with van der Waals surface area (Å²) in [5, 5.41) is 13.3. The Kier molecular flexibility index (Phi) is 4.73. The van der Waals surface area contributed by atoms with Crippen molar-refractivity contribution in [1.82, 2.24) is 5.43 Å². The summed E-state index contributed by atoms with van der Waals surface area (Å²) in [7, 11) is 0. The summed E-state index contributed by atoms with van der Waals surface area (Å²) in [4.78, 5) is 11.9. The maximum absolute atomic E-state index is 11.9. The second kappa shape index (κ2) is 6.51. The minimum Gasteiger partial charge on any atom is -0.508 e. The Labute approximate surface area is 130 Å². The number of phenols is 1. The zero-order valence-corrected chi connectivity index (χ0v) is 13.0. The number of halogens is 1. The molecule has 0 aliphatic heterocycles. The molecule has 2 aromatic carbocycles. The molecule has 0 aliphatic rings. The Morgan fingerprint density at radius 1 is 1.15 bits per heavy atom. The summed E-state index contributed by atoms with van der Waals surface area (Å²) in [5.41, 5.74) is 4.60. The molecule has 0 spiro atoms. The largest absolute Gasteiger partial charge is 0.508 e. The highest BCUT2D eigenvalue weighted by molar-refractivity contribution is 14.1. The van der Waals surface area contributed by atoms with Crippen LogP contribution >= 0.6 is 22.6 Å². The second-order valence-electron chi connectivity index (χ2n) is 4.20. The van der Waals surface area contributed by atoms with E-state index in [9.17, 15) is 9.90 Å². The molecule has 0 saturated carbocycles.